The third kappa shape index (κ3) is 9.74. The van der Waals surface area contributed by atoms with Gasteiger partial charge in [0, 0.05) is 5.92 Å². The molecule has 0 aliphatic carbocycles. The van der Waals surface area contributed by atoms with Gasteiger partial charge in [0.05, 0.1) is 19.6 Å². The molecule has 0 saturated carbocycles. The maximum atomic E-state index is 2.33. The molecule has 1 fully saturated rings. The van der Waals surface area contributed by atoms with Gasteiger partial charge < -0.3 is 9.60 Å². The average Bonchev–Trinajstić information content (AvgIpc) is 2.44. The molecule has 1 rings (SSSR count). The van der Waals surface area contributed by atoms with E-state index in [0.717, 1.165) is 5.92 Å². The number of piperidine rings is 1. The number of rotatable bonds is 11. The first-order valence-electron chi connectivity index (χ1n) is 9.20. The summed E-state index contributed by atoms with van der Waals surface area (Å²) < 4.78 is 0. The Morgan fingerprint density at radius 1 is 0.850 bits per heavy atom. The SMILES string of the molecule is CCCCCCCCC[NH+]1CCCC(CCCC)C1.[F-]. The molecule has 0 amide bonds. The molecule has 1 aliphatic rings. The van der Waals surface area contributed by atoms with Gasteiger partial charge in [-0.15, -0.1) is 0 Å². The van der Waals surface area contributed by atoms with E-state index >= 15 is 0 Å². The second kappa shape index (κ2) is 13.9. The number of unbranched alkanes of at least 4 members (excludes halogenated alkanes) is 7. The quantitative estimate of drug-likeness (QED) is 0.545. The summed E-state index contributed by atoms with van der Waals surface area (Å²) in [6.07, 6.45) is 17.5. The lowest BCUT2D eigenvalue weighted by molar-refractivity contribution is -0.909. The van der Waals surface area contributed by atoms with Crippen molar-refractivity contribution in [3.63, 3.8) is 0 Å². The van der Waals surface area contributed by atoms with Gasteiger partial charge in [-0.25, -0.2) is 0 Å². The van der Waals surface area contributed by atoms with Crippen LogP contribution in [-0.4, -0.2) is 19.6 Å². The Bertz CT molecular complexity index is 196. The molecule has 2 atom stereocenters. The fraction of sp³-hybridized carbons (Fsp3) is 1.00. The second-order valence-corrected chi connectivity index (χ2v) is 6.73. The molecule has 0 bridgehead atoms. The number of hydrogen-bond donors (Lipinski definition) is 1. The van der Waals surface area contributed by atoms with E-state index in [2.05, 4.69) is 13.8 Å². The zero-order valence-electron chi connectivity index (χ0n) is 14.1. The summed E-state index contributed by atoms with van der Waals surface area (Å²) >= 11 is 0. The normalized spacial score (nSPS) is 22.5. The summed E-state index contributed by atoms with van der Waals surface area (Å²) in [5.74, 6) is 1.05. The van der Waals surface area contributed by atoms with Crippen LogP contribution in [0, 0.1) is 5.92 Å². The Kier molecular flexibility index (Phi) is 13.8. The maximum Gasteiger partial charge on any atom is 0.0799 e. The molecule has 1 saturated heterocycles. The molecule has 2 heteroatoms. The van der Waals surface area contributed by atoms with Gasteiger partial charge in [0.15, 0.2) is 0 Å². The Labute approximate surface area is 126 Å². The van der Waals surface area contributed by atoms with Crippen molar-refractivity contribution in [2.24, 2.45) is 5.92 Å². The van der Waals surface area contributed by atoms with Gasteiger partial charge in [0.2, 0.25) is 0 Å². The van der Waals surface area contributed by atoms with Crippen LogP contribution in [0.2, 0.25) is 0 Å². The van der Waals surface area contributed by atoms with E-state index in [1.165, 1.54) is 96.7 Å². The molecule has 122 valence electrons. The average molecular weight is 288 g/mol. The Hall–Kier alpha value is -0.110. The van der Waals surface area contributed by atoms with E-state index in [0.29, 0.717) is 0 Å². The highest BCUT2D eigenvalue weighted by Gasteiger charge is 2.21. The van der Waals surface area contributed by atoms with Crippen LogP contribution in [0.4, 0.5) is 0 Å². The summed E-state index contributed by atoms with van der Waals surface area (Å²) in [7, 11) is 0. The van der Waals surface area contributed by atoms with Crippen molar-refractivity contribution in [1.29, 1.82) is 0 Å². The summed E-state index contributed by atoms with van der Waals surface area (Å²) in [6.45, 7) is 9.02. The molecule has 1 aliphatic heterocycles. The molecule has 0 spiro atoms. The van der Waals surface area contributed by atoms with Crippen LogP contribution in [-0.2, 0) is 0 Å². The van der Waals surface area contributed by atoms with Gasteiger partial charge in [-0.05, 0) is 32.1 Å². The van der Waals surface area contributed by atoms with Crippen LogP contribution in [0.3, 0.4) is 0 Å². The van der Waals surface area contributed by atoms with Gasteiger partial charge in [-0.1, -0.05) is 58.8 Å². The van der Waals surface area contributed by atoms with Gasteiger partial charge in [0.1, 0.15) is 0 Å². The Morgan fingerprint density at radius 3 is 2.20 bits per heavy atom. The maximum absolute atomic E-state index is 2.33. The van der Waals surface area contributed by atoms with Crippen molar-refractivity contribution in [2.75, 3.05) is 19.6 Å². The van der Waals surface area contributed by atoms with Crippen LogP contribution in [0.25, 0.3) is 0 Å². The molecule has 2 unspecified atom stereocenters. The largest absolute Gasteiger partial charge is 1.00 e. The van der Waals surface area contributed by atoms with Crippen molar-refractivity contribution in [1.82, 2.24) is 0 Å². The van der Waals surface area contributed by atoms with Crippen molar-refractivity contribution in [3.05, 3.63) is 0 Å². The monoisotopic (exact) mass is 287 g/mol. The smallest absolute Gasteiger partial charge is 0.0799 e. The number of likely N-dealkylation sites (tertiary alicyclic amines) is 1. The summed E-state index contributed by atoms with van der Waals surface area (Å²) in [4.78, 5) is 1.92. The minimum absolute atomic E-state index is 0. The molecule has 0 aromatic heterocycles. The van der Waals surface area contributed by atoms with E-state index in [9.17, 15) is 0 Å². The highest BCUT2D eigenvalue weighted by atomic mass is 19.0. The van der Waals surface area contributed by atoms with E-state index in [4.69, 9.17) is 0 Å². The number of nitrogens with one attached hydrogen (secondary N) is 1. The number of quaternary nitrogens is 1. The first kappa shape index (κ1) is 19.9. The highest BCUT2D eigenvalue weighted by molar-refractivity contribution is 4.61. The number of halogens is 1. The summed E-state index contributed by atoms with van der Waals surface area (Å²) in [5, 5.41) is 0. The van der Waals surface area contributed by atoms with Gasteiger partial charge in [0.25, 0.3) is 0 Å². The van der Waals surface area contributed by atoms with Crippen LogP contribution in [0.15, 0.2) is 0 Å². The lowest BCUT2D eigenvalue weighted by Gasteiger charge is -2.30. The predicted molar refractivity (Wildman–Crippen MR) is 85.8 cm³/mol. The van der Waals surface area contributed by atoms with E-state index in [1.54, 1.807) is 0 Å². The van der Waals surface area contributed by atoms with Crippen molar-refractivity contribution >= 4 is 0 Å². The zero-order chi connectivity index (χ0) is 13.8. The lowest BCUT2D eigenvalue weighted by Crippen LogP contribution is -3.13. The van der Waals surface area contributed by atoms with Gasteiger partial charge >= 0.3 is 0 Å². The highest BCUT2D eigenvalue weighted by Crippen LogP contribution is 2.15. The van der Waals surface area contributed by atoms with Gasteiger partial charge in [-0.3, -0.25) is 0 Å². The van der Waals surface area contributed by atoms with Crippen molar-refractivity contribution < 1.29 is 9.60 Å². The van der Waals surface area contributed by atoms with Gasteiger partial charge in [-0.2, -0.15) is 0 Å². The standard InChI is InChI=1S/C18H37N.FH/c1-3-5-7-8-9-10-11-15-19-16-12-14-18(17-19)13-6-4-2;/h18H,3-17H2,1-2H3;1H. The topological polar surface area (TPSA) is 4.44 Å². The van der Waals surface area contributed by atoms with Crippen LogP contribution in [0.1, 0.15) is 90.9 Å². The minimum atomic E-state index is 0. The molecule has 1 heterocycles. The molecule has 0 radical (unpaired) electrons. The summed E-state index contributed by atoms with van der Waals surface area (Å²) in [6, 6.07) is 0. The van der Waals surface area contributed by atoms with E-state index in [-0.39, 0.29) is 4.70 Å². The van der Waals surface area contributed by atoms with Crippen molar-refractivity contribution in [3.8, 4) is 0 Å². The first-order chi connectivity index (χ1) is 9.36. The van der Waals surface area contributed by atoms with E-state index in [1.807, 2.05) is 4.90 Å². The molecule has 0 aromatic rings. The number of hydrogen-bond acceptors (Lipinski definition) is 0. The van der Waals surface area contributed by atoms with Crippen LogP contribution < -0.4 is 9.60 Å². The molecular formula is C18H38FN. The molecule has 1 nitrogen and oxygen atoms in total. The second-order valence-electron chi connectivity index (χ2n) is 6.73. The molecule has 0 aromatic carbocycles. The molecule has 20 heavy (non-hydrogen) atoms. The lowest BCUT2D eigenvalue weighted by atomic mass is 9.92. The van der Waals surface area contributed by atoms with Crippen LogP contribution in [0.5, 0.6) is 0 Å². The first-order valence-corrected chi connectivity index (χ1v) is 9.20. The summed E-state index contributed by atoms with van der Waals surface area (Å²) in [5.41, 5.74) is 0. The minimum Gasteiger partial charge on any atom is -1.00 e. The third-order valence-corrected chi connectivity index (χ3v) is 4.82. The Balaban J connectivity index is 0.00000361. The Morgan fingerprint density at radius 2 is 1.50 bits per heavy atom. The fourth-order valence-corrected chi connectivity index (χ4v) is 3.55. The zero-order valence-corrected chi connectivity index (χ0v) is 14.1. The molecular weight excluding hydrogens is 249 g/mol. The predicted octanol–water partition coefficient (Wildman–Crippen LogP) is 1.23. The van der Waals surface area contributed by atoms with E-state index < -0.39 is 0 Å². The van der Waals surface area contributed by atoms with Crippen molar-refractivity contribution in [2.45, 2.75) is 90.9 Å². The van der Waals surface area contributed by atoms with Crippen LogP contribution >= 0.6 is 0 Å². The third-order valence-electron chi connectivity index (χ3n) is 4.82. The fourth-order valence-electron chi connectivity index (χ4n) is 3.55. The molecule has 1 N–H and O–H groups in total.